The van der Waals surface area contributed by atoms with Crippen LogP contribution in [-0.2, 0) is 32.3 Å². The van der Waals surface area contributed by atoms with Gasteiger partial charge >= 0.3 is 23.9 Å². The van der Waals surface area contributed by atoms with E-state index in [-0.39, 0.29) is 0 Å². The number of fused-ring (bicyclic) bond motifs is 2. The molecule has 1 fully saturated rings. The molecule has 1 saturated heterocycles. The molecule has 0 saturated carbocycles. The standard InChI is InChI=1S/C22H26FN5.2C4H4O4/c1-17-6-7-18-15-26(16-19(18)14-17)9-8-25-10-12-27(13-11-25)22-20-4-2-3-5-21(20)28(23)24-22;2*5-3(6)1-2-4(7)8/h2-7,14H,8-13,15-16H2,1H3;2*1-2H,(H,5,6)(H,7,8)/b;2*2-1+. The van der Waals surface area contributed by atoms with Crippen molar-refractivity contribution in [2.75, 3.05) is 44.2 Å². The second kappa shape index (κ2) is 16.0. The number of piperazine rings is 1. The molecule has 0 atom stereocenters. The number of aromatic nitrogens is 2. The highest BCUT2D eigenvalue weighted by atomic mass is 19.2. The van der Waals surface area contributed by atoms with Gasteiger partial charge in [-0.1, -0.05) is 45.3 Å². The van der Waals surface area contributed by atoms with Crippen molar-refractivity contribution in [2.24, 2.45) is 0 Å². The predicted molar refractivity (Wildman–Crippen MR) is 159 cm³/mol. The molecular weight excluding hydrogens is 577 g/mol. The molecule has 0 aliphatic carbocycles. The Labute approximate surface area is 252 Å². The zero-order chi connectivity index (χ0) is 32.2. The van der Waals surface area contributed by atoms with E-state index >= 15 is 0 Å². The van der Waals surface area contributed by atoms with E-state index in [9.17, 15) is 23.7 Å². The number of carboxylic acid groups (broad SMARTS) is 4. The summed E-state index contributed by atoms with van der Waals surface area (Å²) < 4.78 is 14.0. The minimum absolute atomic E-state index is 0.504. The Hall–Kier alpha value is -5.08. The average Bonchev–Trinajstić information content (AvgIpc) is 3.55. The largest absolute Gasteiger partial charge is 0.478 e. The van der Waals surface area contributed by atoms with E-state index in [0.29, 0.717) is 34.7 Å². The van der Waals surface area contributed by atoms with E-state index in [2.05, 4.69) is 44.9 Å². The molecule has 3 aromatic rings. The van der Waals surface area contributed by atoms with Crippen LogP contribution in [-0.4, -0.2) is 103 Å². The Morgan fingerprint density at radius 2 is 1.27 bits per heavy atom. The summed E-state index contributed by atoms with van der Waals surface area (Å²) in [5, 5.41) is 36.3. The molecule has 2 aliphatic heterocycles. The Bertz CT molecular complexity index is 1480. The lowest BCUT2D eigenvalue weighted by molar-refractivity contribution is -0.134. The van der Waals surface area contributed by atoms with Crippen molar-refractivity contribution < 1.29 is 44.1 Å². The van der Waals surface area contributed by atoms with Crippen molar-refractivity contribution in [3.63, 3.8) is 0 Å². The molecule has 234 valence electrons. The number of rotatable bonds is 8. The third-order valence-corrected chi connectivity index (χ3v) is 6.82. The zero-order valence-corrected chi connectivity index (χ0v) is 24.0. The summed E-state index contributed by atoms with van der Waals surface area (Å²) in [5.74, 6) is -4.26. The second-order valence-electron chi connectivity index (χ2n) is 10.0. The second-order valence-corrected chi connectivity index (χ2v) is 10.0. The number of carbonyl (C=O) groups is 4. The molecule has 14 heteroatoms. The van der Waals surface area contributed by atoms with Gasteiger partial charge < -0.3 is 25.3 Å². The van der Waals surface area contributed by atoms with Crippen LogP contribution in [0.4, 0.5) is 10.3 Å². The predicted octanol–water partition coefficient (Wildman–Crippen LogP) is 2.64. The Kier molecular flexibility index (Phi) is 12.1. The number of benzene rings is 2. The van der Waals surface area contributed by atoms with Crippen LogP contribution < -0.4 is 4.90 Å². The van der Waals surface area contributed by atoms with Crippen LogP contribution in [0.5, 0.6) is 0 Å². The number of carboxylic acids is 4. The van der Waals surface area contributed by atoms with Crippen LogP contribution in [0, 0.1) is 6.92 Å². The van der Waals surface area contributed by atoms with E-state index in [1.54, 1.807) is 6.07 Å². The van der Waals surface area contributed by atoms with E-state index < -0.39 is 23.9 Å². The molecule has 0 amide bonds. The molecule has 44 heavy (non-hydrogen) atoms. The smallest absolute Gasteiger partial charge is 0.328 e. The van der Waals surface area contributed by atoms with E-state index in [4.69, 9.17) is 20.4 Å². The third kappa shape index (κ3) is 10.3. The lowest BCUT2D eigenvalue weighted by atomic mass is 10.1. The maximum atomic E-state index is 14.0. The fraction of sp³-hybridized carbons (Fsp3) is 0.300. The Morgan fingerprint density at radius 1 is 0.750 bits per heavy atom. The Morgan fingerprint density at radius 3 is 1.84 bits per heavy atom. The van der Waals surface area contributed by atoms with Crippen molar-refractivity contribution in [1.29, 1.82) is 0 Å². The van der Waals surface area contributed by atoms with E-state index in [1.807, 2.05) is 18.2 Å². The molecule has 4 N–H and O–H groups in total. The minimum atomic E-state index is -1.26. The fourth-order valence-electron chi connectivity index (χ4n) is 4.75. The molecule has 13 nitrogen and oxygen atoms in total. The number of nitrogens with zero attached hydrogens (tertiary/aromatic N) is 5. The molecule has 0 radical (unpaired) electrons. The lowest BCUT2D eigenvalue weighted by Crippen LogP contribution is -2.48. The summed E-state index contributed by atoms with van der Waals surface area (Å²) in [5.41, 5.74) is 4.85. The van der Waals surface area contributed by atoms with Crippen molar-refractivity contribution in [2.45, 2.75) is 20.0 Å². The lowest BCUT2D eigenvalue weighted by Gasteiger charge is -2.35. The van der Waals surface area contributed by atoms with Crippen LogP contribution in [0.15, 0.2) is 66.8 Å². The first-order chi connectivity index (χ1) is 20.9. The van der Waals surface area contributed by atoms with Crippen LogP contribution in [0.25, 0.3) is 10.9 Å². The number of hydrogen-bond donors (Lipinski definition) is 4. The number of hydrogen-bond acceptors (Lipinski definition) is 8. The van der Waals surface area contributed by atoms with Gasteiger partial charge in [0.2, 0.25) is 0 Å². The topological polar surface area (TPSA) is 177 Å². The van der Waals surface area contributed by atoms with Gasteiger partial charge in [0.1, 0.15) is 5.52 Å². The van der Waals surface area contributed by atoms with Crippen LogP contribution >= 0.6 is 0 Å². The molecule has 5 rings (SSSR count). The van der Waals surface area contributed by atoms with Crippen LogP contribution in [0.3, 0.4) is 0 Å². The number of anilines is 1. The highest BCUT2D eigenvalue weighted by molar-refractivity contribution is 5.91. The summed E-state index contributed by atoms with van der Waals surface area (Å²) in [4.78, 5) is 46.0. The van der Waals surface area contributed by atoms with Gasteiger partial charge in [-0.2, -0.15) is 0 Å². The minimum Gasteiger partial charge on any atom is -0.478 e. The van der Waals surface area contributed by atoms with Crippen molar-refractivity contribution >= 4 is 40.6 Å². The first-order valence-electron chi connectivity index (χ1n) is 13.6. The van der Waals surface area contributed by atoms with Gasteiger partial charge in [0.05, 0.1) is 0 Å². The maximum absolute atomic E-state index is 14.0. The van der Waals surface area contributed by atoms with Gasteiger partial charge in [0, 0.05) is 82.0 Å². The molecule has 0 unspecified atom stereocenters. The summed E-state index contributed by atoms with van der Waals surface area (Å²) in [6.45, 7) is 10.2. The summed E-state index contributed by atoms with van der Waals surface area (Å²) in [6, 6.07) is 14.3. The van der Waals surface area contributed by atoms with Crippen molar-refractivity contribution in [3.05, 3.63) is 83.5 Å². The molecule has 2 aromatic carbocycles. The fourth-order valence-corrected chi connectivity index (χ4v) is 4.75. The highest BCUT2D eigenvalue weighted by Gasteiger charge is 2.24. The SMILES string of the molecule is Cc1ccc2c(c1)CN(CCN1CCN(c3nn(F)c4ccccc34)CC1)C2.O=C(O)/C=C/C(=O)O.O=C(O)/C=C/C(=O)O. The average molecular weight is 612 g/mol. The van der Waals surface area contributed by atoms with E-state index in [1.165, 1.54) is 16.7 Å². The van der Waals surface area contributed by atoms with Gasteiger partial charge in [-0.25, -0.2) is 19.2 Å². The molecule has 3 heterocycles. The monoisotopic (exact) mass is 611 g/mol. The summed E-state index contributed by atoms with van der Waals surface area (Å²) in [6.07, 6.45) is 2.23. The van der Waals surface area contributed by atoms with Crippen molar-refractivity contribution in [1.82, 2.24) is 19.8 Å². The molecule has 1 aromatic heterocycles. The normalized spacial score (nSPS) is 15.0. The highest BCUT2D eigenvalue weighted by Crippen LogP contribution is 2.27. The van der Waals surface area contributed by atoms with Crippen LogP contribution in [0.2, 0.25) is 0 Å². The first kappa shape index (κ1) is 33.4. The quantitative estimate of drug-likeness (QED) is 0.274. The van der Waals surface area contributed by atoms with Gasteiger partial charge in [-0.15, -0.1) is 5.10 Å². The summed E-state index contributed by atoms with van der Waals surface area (Å²) >= 11 is 0. The van der Waals surface area contributed by atoms with Gasteiger partial charge in [-0.05, 0) is 30.2 Å². The number of halogens is 1. The van der Waals surface area contributed by atoms with Crippen molar-refractivity contribution in [3.8, 4) is 0 Å². The van der Waals surface area contributed by atoms with Gasteiger partial charge in [0.15, 0.2) is 5.82 Å². The molecule has 2 aliphatic rings. The number of para-hydroxylation sites is 1. The van der Waals surface area contributed by atoms with Gasteiger partial charge in [0.25, 0.3) is 0 Å². The molecule has 0 bridgehead atoms. The molecular formula is C30H34FN5O8. The molecule has 0 spiro atoms. The third-order valence-electron chi connectivity index (χ3n) is 6.82. The van der Waals surface area contributed by atoms with E-state index in [0.717, 1.165) is 63.6 Å². The number of aryl methyl sites for hydroxylation is 1. The number of aliphatic carboxylic acids is 4. The summed E-state index contributed by atoms with van der Waals surface area (Å²) in [7, 11) is 0. The van der Waals surface area contributed by atoms with Gasteiger partial charge in [-0.3, -0.25) is 9.80 Å². The zero-order valence-electron chi connectivity index (χ0n) is 24.0. The first-order valence-corrected chi connectivity index (χ1v) is 13.6. The van der Waals surface area contributed by atoms with Crippen LogP contribution in [0.1, 0.15) is 16.7 Å². The Balaban J connectivity index is 0.000000275. The maximum Gasteiger partial charge on any atom is 0.328 e.